The molecule has 0 bridgehead atoms. The molecule has 0 unspecified atom stereocenters. The molecule has 0 radical (unpaired) electrons. The molecule has 0 aliphatic heterocycles. The average molecular weight is 241 g/mol. The summed E-state index contributed by atoms with van der Waals surface area (Å²) in [4.78, 5) is 11.3. The van der Waals surface area contributed by atoms with Gasteiger partial charge in [-0.3, -0.25) is 4.79 Å². The van der Waals surface area contributed by atoms with Crippen LogP contribution in [0.15, 0.2) is 17.8 Å². The summed E-state index contributed by atoms with van der Waals surface area (Å²) >= 11 is 1.32. The van der Waals surface area contributed by atoms with Gasteiger partial charge in [0.05, 0.1) is 11.8 Å². The maximum atomic E-state index is 11.3. The molecule has 7 heteroatoms. The molecule has 16 heavy (non-hydrogen) atoms. The average Bonchev–Trinajstić information content (AvgIpc) is 2.71. The van der Waals surface area contributed by atoms with E-state index in [2.05, 4.69) is 27.4 Å². The Morgan fingerprint density at radius 2 is 2.44 bits per heavy atom. The van der Waals surface area contributed by atoms with Crippen LogP contribution in [0, 0.1) is 0 Å². The second-order valence-electron chi connectivity index (χ2n) is 3.38. The fraction of sp³-hybridized carbons (Fsp3) is 0.556. The molecule has 0 aliphatic carbocycles. The Morgan fingerprint density at radius 1 is 1.69 bits per heavy atom. The van der Waals surface area contributed by atoms with Crippen LogP contribution >= 0.6 is 11.8 Å². The van der Waals surface area contributed by atoms with Gasteiger partial charge in [0, 0.05) is 6.54 Å². The molecule has 0 saturated carbocycles. The van der Waals surface area contributed by atoms with E-state index in [1.807, 2.05) is 13.8 Å². The third-order valence-electron chi connectivity index (χ3n) is 1.73. The molecule has 1 amide bonds. The van der Waals surface area contributed by atoms with Crippen molar-refractivity contribution in [3.8, 4) is 0 Å². The molecule has 1 rings (SSSR count). The second-order valence-corrected chi connectivity index (χ2v) is 4.32. The lowest BCUT2D eigenvalue weighted by molar-refractivity contribution is -0.118. The zero-order valence-electron chi connectivity index (χ0n) is 9.38. The van der Waals surface area contributed by atoms with E-state index in [1.165, 1.54) is 11.8 Å². The van der Waals surface area contributed by atoms with Crippen LogP contribution in [0.3, 0.4) is 0 Å². The van der Waals surface area contributed by atoms with Crippen molar-refractivity contribution < 1.29 is 4.79 Å². The van der Waals surface area contributed by atoms with Crippen molar-refractivity contribution in [1.29, 1.82) is 0 Å². The summed E-state index contributed by atoms with van der Waals surface area (Å²) in [6.45, 7) is 7.97. The van der Waals surface area contributed by atoms with Crippen molar-refractivity contribution in [3.63, 3.8) is 0 Å². The van der Waals surface area contributed by atoms with Crippen LogP contribution in [0.5, 0.6) is 0 Å². The molecule has 0 aliphatic rings. The molecule has 0 fully saturated rings. The van der Waals surface area contributed by atoms with Crippen molar-refractivity contribution >= 4 is 17.7 Å². The highest BCUT2D eigenvalue weighted by Gasteiger charge is 2.11. The number of nitrogens with zero attached hydrogens (tertiary/aromatic N) is 4. The number of carbonyl (C=O) groups is 1. The Bertz CT molecular complexity index is 363. The summed E-state index contributed by atoms with van der Waals surface area (Å²) in [5.41, 5.74) is 0. The fourth-order valence-corrected chi connectivity index (χ4v) is 1.81. The van der Waals surface area contributed by atoms with Crippen LogP contribution in [0.2, 0.25) is 0 Å². The lowest BCUT2D eigenvalue weighted by Gasteiger charge is -2.06. The first-order valence-corrected chi connectivity index (χ1v) is 5.92. The summed E-state index contributed by atoms with van der Waals surface area (Å²) < 4.78 is 1.69. The Morgan fingerprint density at radius 3 is 3.06 bits per heavy atom. The van der Waals surface area contributed by atoms with Crippen molar-refractivity contribution in [2.75, 3.05) is 12.3 Å². The molecule has 0 atom stereocenters. The molecular formula is C9H15N5OS. The summed E-state index contributed by atoms with van der Waals surface area (Å²) in [6.07, 6.45) is 1.64. The van der Waals surface area contributed by atoms with Crippen LogP contribution in [0.4, 0.5) is 0 Å². The Kier molecular flexibility index (Phi) is 4.97. The molecule has 1 N–H and O–H groups in total. The van der Waals surface area contributed by atoms with Crippen LogP contribution in [0.25, 0.3) is 0 Å². The fourth-order valence-electron chi connectivity index (χ4n) is 0.972. The highest BCUT2D eigenvalue weighted by Crippen LogP contribution is 2.16. The van der Waals surface area contributed by atoms with E-state index < -0.39 is 0 Å². The van der Waals surface area contributed by atoms with E-state index in [-0.39, 0.29) is 11.9 Å². The van der Waals surface area contributed by atoms with Crippen molar-refractivity contribution in [3.05, 3.63) is 12.7 Å². The quantitative estimate of drug-likeness (QED) is 0.584. The normalized spacial score (nSPS) is 10.4. The van der Waals surface area contributed by atoms with Gasteiger partial charge in [-0.15, -0.1) is 11.7 Å². The van der Waals surface area contributed by atoms with Crippen LogP contribution < -0.4 is 5.32 Å². The summed E-state index contributed by atoms with van der Waals surface area (Å²) in [5.74, 6) is 0.254. The number of thioether (sulfide) groups is 1. The van der Waals surface area contributed by atoms with E-state index in [0.717, 1.165) is 0 Å². The highest BCUT2D eigenvalue weighted by molar-refractivity contribution is 7.99. The standard InChI is InChI=1S/C9H15N5OS/c1-4-5-10-8(15)6-16-9-11-12-13-14(9)7(2)3/h4,7H,1,5-6H2,2-3H3,(H,10,15). The van der Waals surface area contributed by atoms with Crippen LogP contribution in [0.1, 0.15) is 19.9 Å². The van der Waals surface area contributed by atoms with Gasteiger partial charge in [0.2, 0.25) is 11.1 Å². The smallest absolute Gasteiger partial charge is 0.230 e. The summed E-state index contributed by atoms with van der Waals surface area (Å²) in [5, 5.41) is 14.6. The van der Waals surface area contributed by atoms with Gasteiger partial charge in [0.25, 0.3) is 0 Å². The van der Waals surface area contributed by atoms with Gasteiger partial charge in [0.1, 0.15) is 0 Å². The van der Waals surface area contributed by atoms with Gasteiger partial charge in [-0.25, -0.2) is 4.68 Å². The maximum absolute atomic E-state index is 11.3. The molecular weight excluding hydrogens is 226 g/mol. The van der Waals surface area contributed by atoms with E-state index in [0.29, 0.717) is 17.5 Å². The highest BCUT2D eigenvalue weighted by atomic mass is 32.2. The molecule has 88 valence electrons. The first-order chi connectivity index (χ1) is 7.65. The zero-order valence-corrected chi connectivity index (χ0v) is 10.2. The van der Waals surface area contributed by atoms with E-state index in [9.17, 15) is 4.79 Å². The number of amides is 1. The van der Waals surface area contributed by atoms with Gasteiger partial charge < -0.3 is 5.32 Å². The number of aromatic nitrogens is 4. The Balaban J connectivity index is 2.45. The van der Waals surface area contributed by atoms with Gasteiger partial charge in [-0.05, 0) is 24.3 Å². The van der Waals surface area contributed by atoms with Crippen molar-refractivity contribution in [2.24, 2.45) is 0 Å². The SMILES string of the molecule is C=CCNC(=O)CSc1nnnn1C(C)C. The van der Waals surface area contributed by atoms with E-state index in [1.54, 1.807) is 10.8 Å². The first-order valence-electron chi connectivity index (χ1n) is 4.93. The van der Waals surface area contributed by atoms with Crippen molar-refractivity contribution in [1.82, 2.24) is 25.5 Å². The van der Waals surface area contributed by atoms with E-state index >= 15 is 0 Å². The first kappa shape index (κ1) is 12.7. The molecule has 0 spiro atoms. The molecule has 1 aromatic rings. The lowest BCUT2D eigenvalue weighted by Crippen LogP contribution is -2.25. The van der Waals surface area contributed by atoms with Gasteiger partial charge in [-0.2, -0.15) is 0 Å². The third kappa shape index (κ3) is 3.65. The largest absolute Gasteiger partial charge is 0.352 e. The second kappa shape index (κ2) is 6.26. The minimum atomic E-state index is -0.0526. The number of hydrogen-bond donors (Lipinski definition) is 1. The van der Waals surface area contributed by atoms with Crippen LogP contribution in [-0.4, -0.2) is 38.4 Å². The van der Waals surface area contributed by atoms with Crippen LogP contribution in [-0.2, 0) is 4.79 Å². The summed E-state index contributed by atoms with van der Waals surface area (Å²) in [7, 11) is 0. The maximum Gasteiger partial charge on any atom is 0.230 e. The van der Waals surface area contributed by atoms with Crippen molar-refractivity contribution in [2.45, 2.75) is 25.0 Å². The minimum Gasteiger partial charge on any atom is -0.352 e. The molecule has 1 heterocycles. The topological polar surface area (TPSA) is 72.7 Å². The minimum absolute atomic E-state index is 0.0526. The number of hydrogen-bond acceptors (Lipinski definition) is 5. The molecule has 6 nitrogen and oxygen atoms in total. The van der Waals surface area contributed by atoms with Gasteiger partial charge >= 0.3 is 0 Å². The Hall–Kier alpha value is -1.37. The van der Waals surface area contributed by atoms with E-state index in [4.69, 9.17) is 0 Å². The molecule has 1 aromatic heterocycles. The molecule has 0 saturated heterocycles. The monoisotopic (exact) mass is 241 g/mol. The predicted molar refractivity (Wildman–Crippen MR) is 62.1 cm³/mol. The lowest BCUT2D eigenvalue weighted by atomic mass is 10.4. The third-order valence-corrected chi connectivity index (χ3v) is 2.66. The predicted octanol–water partition coefficient (Wildman–Crippen LogP) is 0.648. The van der Waals surface area contributed by atoms with Gasteiger partial charge in [-0.1, -0.05) is 17.8 Å². The Labute approximate surface area is 98.5 Å². The number of tetrazole rings is 1. The number of nitrogens with one attached hydrogen (secondary N) is 1. The zero-order chi connectivity index (χ0) is 12.0. The number of rotatable bonds is 6. The number of carbonyl (C=O) groups excluding carboxylic acids is 1. The van der Waals surface area contributed by atoms with Gasteiger partial charge in [0.15, 0.2) is 0 Å². The molecule has 0 aromatic carbocycles. The summed E-state index contributed by atoms with van der Waals surface area (Å²) in [6, 6.07) is 0.189.